The number of amides is 2. The molecule has 1 aliphatic rings. The predicted octanol–water partition coefficient (Wildman–Crippen LogP) is 3.88. The highest BCUT2D eigenvalue weighted by molar-refractivity contribution is 9.10. The lowest BCUT2D eigenvalue weighted by Crippen LogP contribution is -2.52. The molecule has 1 unspecified atom stereocenters. The van der Waals surface area contributed by atoms with Crippen LogP contribution in [0.3, 0.4) is 0 Å². The van der Waals surface area contributed by atoms with Crippen molar-refractivity contribution >= 4 is 33.7 Å². The van der Waals surface area contributed by atoms with E-state index < -0.39 is 41.6 Å². The number of aliphatic carboxylic acids is 1. The van der Waals surface area contributed by atoms with Crippen LogP contribution in [0.15, 0.2) is 53.0 Å². The van der Waals surface area contributed by atoms with E-state index in [0.717, 1.165) is 16.6 Å². The first-order chi connectivity index (χ1) is 15.1. The Morgan fingerprint density at radius 2 is 1.72 bits per heavy atom. The van der Waals surface area contributed by atoms with Gasteiger partial charge in [0.05, 0.1) is 5.56 Å². The zero-order valence-corrected chi connectivity index (χ0v) is 18.3. The molecule has 170 valence electrons. The Morgan fingerprint density at radius 1 is 1.09 bits per heavy atom. The number of hydrogen-bond donors (Lipinski definition) is 2. The number of alkyl halides is 3. The summed E-state index contributed by atoms with van der Waals surface area (Å²) >= 11 is 3.27. The fourth-order valence-corrected chi connectivity index (χ4v) is 3.86. The zero-order valence-electron chi connectivity index (χ0n) is 16.7. The number of carbonyl (C=O) groups excluding carboxylic acids is 2. The molecule has 0 aromatic heterocycles. The molecule has 1 aliphatic heterocycles. The summed E-state index contributed by atoms with van der Waals surface area (Å²) in [5.41, 5.74) is -0.137. The number of rotatable bonds is 6. The number of nitrogens with zero attached hydrogens (tertiary/aromatic N) is 1. The Labute approximate surface area is 190 Å². The summed E-state index contributed by atoms with van der Waals surface area (Å²) in [7, 11) is 0. The highest BCUT2D eigenvalue weighted by atomic mass is 79.9. The van der Waals surface area contributed by atoms with Gasteiger partial charge in [-0.05, 0) is 54.8 Å². The van der Waals surface area contributed by atoms with Crippen LogP contribution < -0.4 is 5.32 Å². The molecule has 2 aromatic rings. The summed E-state index contributed by atoms with van der Waals surface area (Å²) in [6.45, 7) is 0.230. The van der Waals surface area contributed by atoms with Gasteiger partial charge in [0, 0.05) is 23.0 Å². The van der Waals surface area contributed by atoms with Crippen molar-refractivity contribution in [1.29, 1.82) is 0 Å². The molecular formula is C22H20BrF3N2O4. The molecule has 2 atom stereocenters. The van der Waals surface area contributed by atoms with Crippen molar-refractivity contribution in [2.24, 2.45) is 0 Å². The van der Waals surface area contributed by atoms with Crippen molar-refractivity contribution in [2.75, 3.05) is 6.54 Å². The molecule has 32 heavy (non-hydrogen) atoms. The van der Waals surface area contributed by atoms with Crippen molar-refractivity contribution in [2.45, 2.75) is 37.5 Å². The molecule has 0 spiro atoms. The second-order valence-electron chi connectivity index (χ2n) is 7.46. The van der Waals surface area contributed by atoms with E-state index in [1.807, 2.05) is 0 Å². The number of carboxylic acid groups (broad SMARTS) is 1. The Bertz CT molecular complexity index is 994. The minimum Gasteiger partial charge on any atom is -0.480 e. The number of carbonyl (C=O) groups is 3. The van der Waals surface area contributed by atoms with E-state index in [0.29, 0.717) is 18.4 Å². The van der Waals surface area contributed by atoms with Gasteiger partial charge >= 0.3 is 12.1 Å². The molecule has 3 rings (SSSR count). The maximum atomic E-state index is 13.2. The molecule has 2 aromatic carbocycles. The molecule has 0 saturated carbocycles. The van der Waals surface area contributed by atoms with Gasteiger partial charge < -0.3 is 15.3 Å². The molecule has 0 aliphatic carbocycles. The number of hydrogen-bond acceptors (Lipinski definition) is 3. The lowest BCUT2D eigenvalue weighted by molar-refractivity contribution is -0.148. The summed E-state index contributed by atoms with van der Waals surface area (Å²) in [4.78, 5) is 38.6. The van der Waals surface area contributed by atoms with Gasteiger partial charge in [0.15, 0.2) is 0 Å². The molecule has 1 fully saturated rings. The molecule has 1 heterocycles. The number of likely N-dealkylation sites (tertiary alicyclic amines) is 1. The van der Waals surface area contributed by atoms with Gasteiger partial charge in [-0.2, -0.15) is 13.2 Å². The largest absolute Gasteiger partial charge is 0.480 e. The Kier molecular flexibility index (Phi) is 7.22. The van der Waals surface area contributed by atoms with E-state index in [9.17, 15) is 32.7 Å². The lowest BCUT2D eigenvalue weighted by atomic mass is 10.0. The van der Waals surface area contributed by atoms with Crippen LogP contribution in [0.1, 0.15) is 34.3 Å². The third kappa shape index (κ3) is 5.67. The summed E-state index contributed by atoms with van der Waals surface area (Å²) in [6, 6.07) is 8.58. The standard InChI is InChI=1S/C22H20BrF3N2O4/c23-16-9-5-14(6-10-16)19(29)27-17(20(30)28-11-1-2-18(28)21(31)32)12-13-3-7-15(8-4-13)22(24,25)26/h3-10,17-18H,1-2,11-12H2,(H,27,29)(H,31,32)/t17?,18-/m0/s1. The first-order valence-electron chi connectivity index (χ1n) is 9.82. The Balaban J connectivity index is 1.84. The number of benzene rings is 2. The molecular weight excluding hydrogens is 493 g/mol. The van der Waals surface area contributed by atoms with Crippen LogP contribution in [-0.4, -0.2) is 46.4 Å². The van der Waals surface area contributed by atoms with Crippen molar-refractivity contribution in [3.63, 3.8) is 0 Å². The third-order valence-corrected chi connectivity index (χ3v) is 5.78. The van der Waals surface area contributed by atoms with Gasteiger partial charge in [0.25, 0.3) is 5.91 Å². The van der Waals surface area contributed by atoms with Crippen LogP contribution >= 0.6 is 15.9 Å². The van der Waals surface area contributed by atoms with Crippen molar-refractivity contribution in [3.8, 4) is 0 Å². The highest BCUT2D eigenvalue weighted by Gasteiger charge is 2.38. The summed E-state index contributed by atoms with van der Waals surface area (Å²) in [6.07, 6.45) is -3.76. The van der Waals surface area contributed by atoms with Crippen LogP contribution in [0, 0.1) is 0 Å². The van der Waals surface area contributed by atoms with Gasteiger partial charge in [0.2, 0.25) is 5.91 Å². The number of nitrogens with one attached hydrogen (secondary N) is 1. The van der Waals surface area contributed by atoms with Crippen molar-refractivity contribution < 1.29 is 32.7 Å². The molecule has 2 amide bonds. The lowest BCUT2D eigenvalue weighted by Gasteiger charge is -2.27. The van der Waals surface area contributed by atoms with Crippen LogP contribution in [0.25, 0.3) is 0 Å². The first-order valence-corrected chi connectivity index (χ1v) is 10.6. The fraction of sp³-hybridized carbons (Fsp3) is 0.318. The van der Waals surface area contributed by atoms with Crippen LogP contribution in [0.4, 0.5) is 13.2 Å². The number of carboxylic acids is 1. The van der Waals surface area contributed by atoms with Gasteiger partial charge in [-0.3, -0.25) is 9.59 Å². The first kappa shape index (κ1) is 23.8. The van der Waals surface area contributed by atoms with E-state index in [1.54, 1.807) is 24.3 Å². The maximum Gasteiger partial charge on any atom is 0.416 e. The van der Waals surface area contributed by atoms with E-state index in [2.05, 4.69) is 21.2 Å². The van der Waals surface area contributed by atoms with Crippen LogP contribution in [0.5, 0.6) is 0 Å². The molecule has 6 nitrogen and oxygen atoms in total. The quantitative estimate of drug-likeness (QED) is 0.614. The van der Waals surface area contributed by atoms with E-state index in [4.69, 9.17) is 0 Å². The minimum atomic E-state index is -4.49. The average Bonchev–Trinajstić information content (AvgIpc) is 3.23. The van der Waals surface area contributed by atoms with Crippen LogP contribution in [-0.2, 0) is 22.2 Å². The highest BCUT2D eigenvalue weighted by Crippen LogP contribution is 2.29. The predicted molar refractivity (Wildman–Crippen MR) is 113 cm³/mol. The van der Waals surface area contributed by atoms with Gasteiger partial charge in [-0.1, -0.05) is 28.1 Å². The van der Waals surface area contributed by atoms with Gasteiger partial charge in [-0.15, -0.1) is 0 Å². The van der Waals surface area contributed by atoms with Crippen molar-refractivity contribution in [1.82, 2.24) is 10.2 Å². The SMILES string of the molecule is O=C(NC(Cc1ccc(C(F)(F)F)cc1)C(=O)N1CCC[C@H]1C(=O)O)c1ccc(Br)cc1. The molecule has 2 N–H and O–H groups in total. The van der Waals surface area contributed by atoms with E-state index in [-0.39, 0.29) is 18.5 Å². The summed E-state index contributed by atoms with van der Waals surface area (Å²) < 4.78 is 39.3. The fourth-order valence-electron chi connectivity index (χ4n) is 3.60. The third-order valence-electron chi connectivity index (χ3n) is 5.25. The topological polar surface area (TPSA) is 86.7 Å². The molecule has 1 saturated heterocycles. The van der Waals surface area contributed by atoms with E-state index >= 15 is 0 Å². The Hall–Kier alpha value is -2.88. The molecule has 10 heteroatoms. The normalized spacial score (nSPS) is 17.1. The second-order valence-corrected chi connectivity index (χ2v) is 8.38. The summed E-state index contributed by atoms with van der Waals surface area (Å²) in [5.74, 6) is -2.27. The molecule has 0 bridgehead atoms. The number of halogens is 4. The average molecular weight is 513 g/mol. The second kappa shape index (κ2) is 9.72. The van der Waals surface area contributed by atoms with Crippen molar-refractivity contribution in [3.05, 3.63) is 69.7 Å². The van der Waals surface area contributed by atoms with Gasteiger partial charge in [0.1, 0.15) is 12.1 Å². The van der Waals surface area contributed by atoms with E-state index in [1.165, 1.54) is 17.0 Å². The summed E-state index contributed by atoms with van der Waals surface area (Å²) in [5, 5.41) is 12.0. The Morgan fingerprint density at radius 3 is 2.28 bits per heavy atom. The monoisotopic (exact) mass is 512 g/mol. The van der Waals surface area contributed by atoms with Gasteiger partial charge in [-0.25, -0.2) is 4.79 Å². The minimum absolute atomic E-state index is 0.0813. The maximum absolute atomic E-state index is 13.2. The molecule has 0 radical (unpaired) electrons. The smallest absolute Gasteiger partial charge is 0.416 e. The zero-order chi connectivity index (χ0) is 23.5. The van der Waals surface area contributed by atoms with Crippen LogP contribution in [0.2, 0.25) is 0 Å².